The fourth-order valence-corrected chi connectivity index (χ4v) is 3.93. The van der Waals surface area contributed by atoms with E-state index in [0.717, 1.165) is 60.3 Å². The number of benzene rings is 1. The molecule has 3 aromatic rings. The molecule has 1 saturated heterocycles. The van der Waals surface area contributed by atoms with Crippen LogP contribution >= 0.6 is 11.6 Å². The smallest absolute Gasteiger partial charge is 0.0972 e. The summed E-state index contributed by atoms with van der Waals surface area (Å²) >= 11 is 6.31. The Labute approximate surface area is 164 Å². The molecular formula is C21H23ClN4O. The average molecular weight is 383 g/mol. The second kappa shape index (κ2) is 8.21. The Morgan fingerprint density at radius 3 is 2.59 bits per heavy atom. The van der Waals surface area contributed by atoms with Gasteiger partial charge in [-0.15, -0.1) is 0 Å². The lowest BCUT2D eigenvalue weighted by atomic mass is 10.1. The quantitative estimate of drug-likeness (QED) is 0.651. The molecule has 0 bridgehead atoms. The summed E-state index contributed by atoms with van der Waals surface area (Å²) in [5.41, 5.74) is 4.16. The van der Waals surface area contributed by atoms with Gasteiger partial charge in [-0.2, -0.15) is 0 Å². The van der Waals surface area contributed by atoms with Gasteiger partial charge in [-0.3, -0.25) is 9.88 Å². The SMILES string of the molecule is CCC(N1CCOCC1)n1cnc(-c2ccncc2)c1-c1cccc(Cl)c1. The lowest BCUT2D eigenvalue weighted by Crippen LogP contribution is -2.41. The Bertz CT molecular complexity index is 890. The third-order valence-electron chi connectivity index (χ3n) is 5.00. The third-order valence-corrected chi connectivity index (χ3v) is 5.23. The maximum absolute atomic E-state index is 6.31. The fraction of sp³-hybridized carbons (Fsp3) is 0.333. The standard InChI is InChI=1S/C21H23ClN4O/c1-2-19(25-10-12-27-13-11-25)26-15-24-20(16-6-8-23-9-7-16)21(26)17-4-3-5-18(22)14-17/h3-9,14-15,19H,2,10-13H2,1H3. The molecule has 1 aliphatic heterocycles. The van der Waals surface area contributed by atoms with E-state index in [-0.39, 0.29) is 6.17 Å². The van der Waals surface area contributed by atoms with Crippen LogP contribution in [-0.2, 0) is 4.74 Å². The van der Waals surface area contributed by atoms with Gasteiger partial charge in [-0.05, 0) is 30.7 Å². The molecule has 0 N–H and O–H groups in total. The van der Waals surface area contributed by atoms with Crippen molar-refractivity contribution < 1.29 is 4.74 Å². The van der Waals surface area contributed by atoms with Crippen molar-refractivity contribution in [3.8, 4) is 22.5 Å². The molecule has 0 saturated carbocycles. The number of hydrogen-bond acceptors (Lipinski definition) is 4. The molecule has 6 heteroatoms. The Morgan fingerprint density at radius 2 is 1.89 bits per heavy atom. The largest absolute Gasteiger partial charge is 0.379 e. The number of aromatic nitrogens is 3. The van der Waals surface area contributed by atoms with Gasteiger partial charge in [-0.25, -0.2) is 4.98 Å². The highest BCUT2D eigenvalue weighted by Gasteiger charge is 2.25. The van der Waals surface area contributed by atoms with Crippen molar-refractivity contribution >= 4 is 11.6 Å². The summed E-state index contributed by atoms with van der Waals surface area (Å²) < 4.78 is 7.83. The van der Waals surface area contributed by atoms with Crippen molar-refractivity contribution in [2.75, 3.05) is 26.3 Å². The van der Waals surface area contributed by atoms with Crippen LogP contribution in [0.1, 0.15) is 19.5 Å². The first-order valence-electron chi connectivity index (χ1n) is 9.33. The van der Waals surface area contributed by atoms with Crippen LogP contribution in [0.5, 0.6) is 0 Å². The molecule has 1 aliphatic rings. The van der Waals surface area contributed by atoms with Gasteiger partial charge in [-0.1, -0.05) is 30.7 Å². The van der Waals surface area contributed by atoms with E-state index in [1.165, 1.54) is 0 Å². The number of rotatable bonds is 5. The predicted molar refractivity (Wildman–Crippen MR) is 108 cm³/mol. The van der Waals surface area contributed by atoms with Crippen molar-refractivity contribution in [1.29, 1.82) is 0 Å². The lowest BCUT2D eigenvalue weighted by Gasteiger charge is -2.35. The molecular weight excluding hydrogens is 360 g/mol. The Morgan fingerprint density at radius 1 is 1.11 bits per heavy atom. The zero-order chi connectivity index (χ0) is 18.6. The molecule has 0 radical (unpaired) electrons. The molecule has 0 aliphatic carbocycles. The number of pyridine rings is 1. The molecule has 0 spiro atoms. The van der Waals surface area contributed by atoms with Crippen LogP contribution in [0.2, 0.25) is 5.02 Å². The minimum absolute atomic E-state index is 0.228. The molecule has 2 aromatic heterocycles. The monoisotopic (exact) mass is 382 g/mol. The molecule has 27 heavy (non-hydrogen) atoms. The van der Waals surface area contributed by atoms with Crippen molar-refractivity contribution in [3.63, 3.8) is 0 Å². The lowest BCUT2D eigenvalue weighted by molar-refractivity contribution is -0.00228. The first kappa shape index (κ1) is 18.2. The van der Waals surface area contributed by atoms with E-state index in [0.29, 0.717) is 0 Å². The molecule has 1 aromatic carbocycles. The van der Waals surface area contributed by atoms with Crippen molar-refractivity contribution in [3.05, 3.63) is 60.1 Å². The van der Waals surface area contributed by atoms with Crippen molar-refractivity contribution in [2.24, 2.45) is 0 Å². The van der Waals surface area contributed by atoms with Crippen LogP contribution in [0.4, 0.5) is 0 Å². The first-order valence-corrected chi connectivity index (χ1v) is 9.70. The normalized spacial score (nSPS) is 16.4. The Kier molecular flexibility index (Phi) is 5.53. The van der Waals surface area contributed by atoms with Gasteiger partial charge in [0.15, 0.2) is 0 Å². The van der Waals surface area contributed by atoms with Crippen LogP contribution in [0.25, 0.3) is 22.5 Å². The van der Waals surface area contributed by atoms with Crippen molar-refractivity contribution in [1.82, 2.24) is 19.4 Å². The van der Waals surface area contributed by atoms with Gasteiger partial charge in [0.1, 0.15) is 0 Å². The van der Waals surface area contributed by atoms with Gasteiger partial charge in [0.25, 0.3) is 0 Å². The van der Waals surface area contributed by atoms with E-state index >= 15 is 0 Å². The summed E-state index contributed by atoms with van der Waals surface area (Å²) in [6.07, 6.45) is 6.77. The maximum Gasteiger partial charge on any atom is 0.0972 e. The van der Waals surface area contributed by atoms with Crippen molar-refractivity contribution in [2.45, 2.75) is 19.5 Å². The highest BCUT2D eigenvalue weighted by atomic mass is 35.5. The highest BCUT2D eigenvalue weighted by molar-refractivity contribution is 6.30. The molecule has 1 unspecified atom stereocenters. The molecule has 4 rings (SSSR count). The minimum atomic E-state index is 0.228. The number of halogens is 1. The van der Waals surface area contributed by atoms with Gasteiger partial charge in [0, 0.05) is 41.6 Å². The zero-order valence-corrected chi connectivity index (χ0v) is 16.1. The molecule has 3 heterocycles. The summed E-state index contributed by atoms with van der Waals surface area (Å²) in [6.45, 7) is 5.62. The van der Waals surface area contributed by atoms with Gasteiger partial charge in [0.05, 0.1) is 37.1 Å². The molecule has 0 amide bonds. The molecule has 1 atom stereocenters. The number of hydrogen-bond donors (Lipinski definition) is 0. The summed E-state index contributed by atoms with van der Waals surface area (Å²) in [4.78, 5) is 11.4. The van der Waals surface area contributed by atoms with E-state index in [4.69, 9.17) is 21.3 Å². The van der Waals surface area contributed by atoms with E-state index in [2.05, 4.69) is 27.4 Å². The molecule has 1 fully saturated rings. The van der Waals surface area contributed by atoms with Crippen LogP contribution in [0.3, 0.4) is 0 Å². The summed E-state index contributed by atoms with van der Waals surface area (Å²) in [5.74, 6) is 0. The van der Waals surface area contributed by atoms with E-state index in [1.54, 1.807) is 12.4 Å². The van der Waals surface area contributed by atoms with E-state index in [9.17, 15) is 0 Å². The molecule has 5 nitrogen and oxygen atoms in total. The predicted octanol–water partition coefficient (Wildman–Crippen LogP) is 4.51. The first-order chi connectivity index (χ1) is 13.3. The van der Waals surface area contributed by atoms with Crippen LogP contribution in [0.15, 0.2) is 55.1 Å². The van der Waals surface area contributed by atoms with Crippen LogP contribution in [-0.4, -0.2) is 45.7 Å². The number of imidazole rings is 1. The van der Waals surface area contributed by atoms with Gasteiger partial charge >= 0.3 is 0 Å². The Hall–Kier alpha value is -2.21. The summed E-state index contributed by atoms with van der Waals surface area (Å²) in [5, 5.41) is 0.723. The topological polar surface area (TPSA) is 43.2 Å². The number of nitrogens with zero attached hydrogens (tertiary/aromatic N) is 4. The maximum atomic E-state index is 6.31. The summed E-state index contributed by atoms with van der Waals surface area (Å²) in [7, 11) is 0. The van der Waals surface area contributed by atoms with Gasteiger partial charge < -0.3 is 9.30 Å². The van der Waals surface area contributed by atoms with E-state index in [1.807, 2.05) is 36.7 Å². The summed E-state index contributed by atoms with van der Waals surface area (Å²) in [6, 6.07) is 12.0. The average Bonchev–Trinajstić information content (AvgIpc) is 3.15. The second-order valence-electron chi connectivity index (χ2n) is 6.63. The van der Waals surface area contributed by atoms with Crippen LogP contribution < -0.4 is 0 Å². The van der Waals surface area contributed by atoms with Crippen LogP contribution in [0, 0.1) is 0 Å². The highest BCUT2D eigenvalue weighted by Crippen LogP contribution is 2.35. The number of morpholine rings is 1. The van der Waals surface area contributed by atoms with E-state index < -0.39 is 0 Å². The number of ether oxygens (including phenoxy) is 1. The zero-order valence-electron chi connectivity index (χ0n) is 15.4. The minimum Gasteiger partial charge on any atom is -0.379 e. The third kappa shape index (κ3) is 3.76. The Balaban J connectivity index is 1.85. The molecule has 140 valence electrons. The second-order valence-corrected chi connectivity index (χ2v) is 7.07. The fourth-order valence-electron chi connectivity index (χ4n) is 3.74. The van der Waals surface area contributed by atoms with Gasteiger partial charge in [0.2, 0.25) is 0 Å².